The maximum atomic E-state index is 11.4. The van der Waals surface area contributed by atoms with Crippen molar-refractivity contribution < 1.29 is 4.79 Å². The van der Waals surface area contributed by atoms with E-state index >= 15 is 0 Å². The third-order valence-corrected chi connectivity index (χ3v) is 5.09. The number of carbonyl (C=O) groups excluding carboxylic acids is 1. The first kappa shape index (κ1) is 14.7. The van der Waals surface area contributed by atoms with Crippen LogP contribution in [0.2, 0.25) is 0 Å². The second kappa shape index (κ2) is 6.19. The summed E-state index contributed by atoms with van der Waals surface area (Å²) < 4.78 is 0. The fraction of sp³-hybridized carbons (Fsp3) is 0.214. The number of carbonyl (C=O) groups is 1. The minimum Gasteiger partial charge on any atom is -0.396 e. The van der Waals surface area contributed by atoms with Gasteiger partial charge in [0.25, 0.3) is 5.91 Å². The lowest BCUT2D eigenvalue weighted by Gasteiger charge is -2.15. The molecule has 0 fully saturated rings. The molecule has 2 aromatic rings. The fourth-order valence-electron chi connectivity index (χ4n) is 1.93. The van der Waals surface area contributed by atoms with Crippen molar-refractivity contribution in [3.63, 3.8) is 0 Å². The van der Waals surface area contributed by atoms with E-state index in [4.69, 9.17) is 11.5 Å². The first-order chi connectivity index (χ1) is 9.54. The molecule has 0 spiro atoms. The van der Waals surface area contributed by atoms with Crippen molar-refractivity contribution >= 4 is 39.7 Å². The van der Waals surface area contributed by atoms with Gasteiger partial charge in [0.1, 0.15) is 9.88 Å². The molecule has 1 aromatic carbocycles. The van der Waals surface area contributed by atoms with Crippen molar-refractivity contribution in [1.82, 2.24) is 0 Å². The molecule has 0 aliphatic heterocycles. The number of thioether (sulfide) groups is 1. The Balaban J connectivity index is 2.29. The number of hydrogen-bond donors (Lipinski definition) is 3. The third kappa shape index (κ3) is 2.91. The van der Waals surface area contributed by atoms with Crippen LogP contribution >= 0.6 is 23.1 Å². The molecular formula is C14H17N3OS2. The number of rotatable bonds is 5. The van der Waals surface area contributed by atoms with Crippen molar-refractivity contribution in [2.24, 2.45) is 5.73 Å². The topological polar surface area (TPSA) is 81.1 Å². The number of primary amides is 1. The van der Waals surface area contributed by atoms with Crippen molar-refractivity contribution in [3.05, 3.63) is 40.8 Å². The van der Waals surface area contributed by atoms with Gasteiger partial charge in [0.2, 0.25) is 0 Å². The van der Waals surface area contributed by atoms with E-state index in [-0.39, 0.29) is 6.04 Å². The molecule has 4 nitrogen and oxygen atoms in total. The number of hydrogen-bond acceptors (Lipinski definition) is 5. The zero-order valence-electron chi connectivity index (χ0n) is 11.3. The van der Waals surface area contributed by atoms with E-state index in [1.807, 2.05) is 24.5 Å². The Kier molecular flexibility index (Phi) is 4.57. The van der Waals surface area contributed by atoms with Crippen LogP contribution in [-0.2, 0) is 0 Å². The van der Waals surface area contributed by atoms with Crippen LogP contribution < -0.4 is 16.8 Å². The van der Waals surface area contributed by atoms with Crippen molar-refractivity contribution in [3.8, 4) is 0 Å². The Hall–Kier alpha value is -1.66. The monoisotopic (exact) mass is 307 g/mol. The molecule has 1 aromatic heterocycles. The van der Waals surface area contributed by atoms with E-state index < -0.39 is 5.91 Å². The summed E-state index contributed by atoms with van der Waals surface area (Å²) in [5.74, 6) is -0.483. The lowest BCUT2D eigenvalue weighted by atomic mass is 10.1. The predicted molar refractivity (Wildman–Crippen MR) is 87.5 cm³/mol. The number of thiophene rings is 1. The van der Waals surface area contributed by atoms with E-state index in [0.29, 0.717) is 10.6 Å². The molecular weight excluding hydrogens is 290 g/mol. The summed E-state index contributed by atoms with van der Waals surface area (Å²) in [5, 5.41) is 4.29. The van der Waals surface area contributed by atoms with Gasteiger partial charge < -0.3 is 16.8 Å². The van der Waals surface area contributed by atoms with Gasteiger partial charge >= 0.3 is 0 Å². The maximum Gasteiger partial charge on any atom is 0.261 e. The van der Waals surface area contributed by atoms with Crippen molar-refractivity contribution in [2.45, 2.75) is 17.9 Å². The molecule has 1 atom stereocenters. The number of amides is 1. The third-order valence-electron chi connectivity index (χ3n) is 2.97. The molecule has 5 N–H and O–H groups in total. The van der Waals surface area contributed by atoms with Crippen LogP contribution in [0.4, 0.5) is 10.7 Å². The SMILES string of the molecule is CSc1c(NC(C)c2ccccc2)sc(C(N)=O)c1N. The first-order valence-corrected chi connectivity index (χ1v) is 8.16. The average Bonchev–Trinajstić information content (AvgIpc) is 2.76. The van der Waals surface area contributed by atoms with Crippen LogP contribution in [0.1, 0.15) is 28.2 Å². The number of nitrogens with one attached hydrogen (secondary N) is 1. The molecule has 20 heavy (non-hydrogen) atoms. The Bertz CT molecular complexity index is 610. The quantitative estimate of drug-likeness (QED) is 0.740. The summed E-state index contributed by atoms with van der Waals surface area (Å²) in [4.78, 5) is 12.7. The zero-order valence-corrected chi connectivity index (χ0v) is 13.0. The van der Waals surface area contributed by atoms with Gasteiger partial charge in [-0.25, -0.2) is 0 Å². The first-order valence-electron chi connectivity index (χ1n) is 6.12. The van der Waals surface area contributed by atoms with E-state index in [0.717, 1.165) is 9.90 Å². The number of nitrogens with two attached hydrogens (primary N) is 2. The summed E-state index contributed by atoms with van der Waals surface area (Å²) in [7, 11) is 0. The van der Waals surface area contributed by atoms with Crippen LogP contribution in [0.3, 0.4) is 0 Å². The van der Waals surface area contributed by atoms with Gasteiger partial charge in [0.05, 0.1) is 10.6 Å². The molecule has 0 radical (unpaired) electrons. The molecule has 1 amide bonds. The number of anilines is 2. The standard InChI is InChI=1S/C14H17N3OS2/c1-8(9-6-4-3-5-7-9)17-14-12(19-2)10(15)11(20-14)13(16)18/h3-8,17H,15H2,1-2H3,(H2,16,18). The number of benzene rings is 1. The van der Waals surface area contributed by atoms with Crippen LogP contribution in [0, 0.1) is 0 Å². The van der Waals surface area contributed by atoms with Gasteiger partial charge in [-0.3, -0.25) is 4.79 Å². The smallest absolute Gasteiger partial charge is 0.261 e. The van der Waals surface area contributed by atoms with Crippen LogP contribution in [0.5, 0.6) is 0 Å². The largest absolute Gasteiger partial charge is 0.396 e. The van der Waals surface area contributed by atoms with Crippen molar-refractivity contribution in [1.29, 1.82) is 0 Å². The molecule has 2 rings (SSSR count). The highest BCUT2D eigenvalue weighted by molar-refractivity contribution is 7.99. The molecule has 0 saturated carbocycles. The summed E-state index contributed by atoms with van der Waals surface area (Å²) in [6.45, 7) is 2.07. The molecule has 1 heterocycles. The van der Waals surface area contributed by atoms with Crippen molar-refractivity contribution in [2.75, 3.05) is 17.3 Å². The highest BCUT2D eigenvalue weighted by atomic mass is 32.2. The summed E-state index contributed by atoms with van der Waals surface area (Å²) >= 11 is 2.82. The van der Waals surface area contributed by atoms with Crippen LogP contribution in [0.15, 0.2) is 35.2 Å². The molecule has 6 heteroatoms. The Labute approximate surface area is 126 Å². The minimum atomic E-state index is -0.483. The molecule has 0 saturated heterocycles. The van der Waals surface area contributed by atoms with E-state index in [1.54, 1.807) is 0 Å². The van der Waals surface area contributed by atoms with Gasteiger partial charge in [-0.2, -0.15) is 0 Å². The van der Waals surface area contributed by atoms with Gasteiger partial charge in [-0.05, 0) is 18.7 Å². The molecule has 0 aliphatic carbocycles. The zero-order chi connectivity index (χ0) is 14.7. The molecule has 1 unspecified atom stereocenters. The predicted octanol–water partition coefficient (Wildman–Crippen LogP) is 3.32. The highest BCUT2D eigenvalue weighted by Crippen LogP contribution is 2.42. The molecule has 0 aliphatic rings. The van der Waals surface area contributed by atoms with Gasteiger partial charge in [0.15, 0.2) is 0 Å². The van der Waals surface area contributed by atoms with Crippen LogP contribution in [0.25, 0.3) is 0 Å². The second-order valence-electron chi connectivity index (χ2n) is 4.35. The lowest BCUT2D eigenvalue weighted by molar-refractivity contribution is 0.100. The Morgan fingerprint density at radius 1 is 1.35 bits per heavy atom. The normalized spacial score (nSPS) is 12.1. The fourth-order valence-corrected chi connectivity index (χ4v) is 3.89. The highest BCUT2D eigenvalue weighted by Gasteiger charge is 2.20. The Morgan fingerprint density at radius 2 is 2.00 bits per heavy atom. The van der Waals surface area contributed by atoms with E-state index in [2.05, 4.69) is 24.4 Å². The van der Waals surface area contributed by atoms with Gasteiger partial charge in [-0.15, -0.1) is 23.1 Å². The second-order valence-corrected chi connectivity index (χ2v) is 6.19. The summed E-state index contributed by atoms with van der Waals surface area (Å²) in [6.07, 6.45) is 1.93. The van der Waals surface area contributed by atoms with Crippen LogP contribution in [-0.4, -0.2) is 12.2 Å². The Morgan fingerprint density at radius 3 is 2.55 bits per heavy atom. The van der Waals surface area contributed by atoms with E-state index in [9.17, 15) is 4.79 Å². The molecule has 0 bridgehead atoms. The average molecular weight is 307 g/mol. The maximum absolute atomic E-state index is 11.4. The summed E-state index contributed by atoms with van der Waals surface area (Å²) in [6, 6.07) is 10.2. The van der Waals surface area contributed by atoms with E-state index in [1.165, 1.54) is 28.7 Å². The minimum absolute atomic E-state index is 0.126. The van der Waals surface area contributed by atoms with Gasteiger partial charge in [0, 0.05) is 6.04 Å². The molecule has 106 valence electrons. The lowest BCUT2D eigenvalue weighted by Crippen LogP contribution is -2.10. The summed E-state index contributed by atoms with van der Waals surface area (Å²) in [5.41, 5.74) is 13.0. The van der Waals surface area contributed by atoms with Gasteiger partial charge in [-0.1, -0.05) is 30.3 Å². The number of nitrogen functional groups attached to an aromatic ring is 1.